The average molecular weight is 259 g/mol. The lowest BCUT2D eigenvalue weighted by Crippen LogP contribution is -2.41. The number of nitrogens with zero attached hydrogens (tertiary/aromatic N) is 2. The minimum Gasteiger partial charge on any atom is -0.481 e. The van der Waals surface area contributed by atoms with Crippen LogP contribution in [0.1, 0.15) is 18.4 Å². The van der Waals surface area contributed by atoms with E-state index in [-0.39, 0.29) is 12.5 Å². The molecule has 19 heavy (non-hydrogen) atoms. The van der Waals surface area contributed by atoms with Crippen LogP contribution in [0.2, 0.25) is 0 Å². The maximum Gasteiger partial charge on any atom is 0.305 e. The molecule has 0 aliphatic carbocycles. The zero-order valence-electron chi connectivity index (χ0n) is 10.7. The fraction of sp³-hybridized carbons (Fsp3) is 0.429. The molecule has 0 spiro atoms. The predicted octanol–water partition coefficient (Wildman–Crippen LogP) is 1.20. The molecule has 0 saturated carbocycles. The maximum absolute atomic E-state index is 11.0. The summed E-state index contributed by atoms with van der Waals surface area (Å²) in [7, 11) is 0. The lowest BCUT2D eigenvalue weighted by Gasteiger charge is -2.31. The number of anilines is 1. The number of carboxylic acids is 1. The minimum atomic E-state index is -0.785. The van der Waals surface area contributed by atoms with Gasteiger partial charge in [-0.25, -0.2) is 0 Å². The third-order valence-electron chi connectivity index (χ3n) is 3.31. The highest BCUT2D eigenvalue weighted by molar-refractivity contribution is 5.68. The molecule has 1 aromatic carbocycles. The van der Waals surface area contributed by atoms with E-state index in [1.54, 1.807) is 12.1 Å². The van der Waals surface area contributed by atoms with E-state index < -0.39 is 5.97 Å². The molecule has 2 N–H and O–H groups in total. The summed E-state index contributed by atoms with van der Waals surface area (Å²) < 4.78 is 0. The largest absolute Gasteiger partial charge is 0.481 e. The molecular weight excluding hydrogens is 242 g/mol. The lowest BCUT2D eigenvalue weighted by atomic mass is 10.1. The Morgan fingerprint density at radius 3 is 2.84 bits per heavy atom. The van der Waals surface area contributed by atoms with E-state index in [1.165, 1.54) is 0 Å². The van der Waals surface area contributed by atoms with Crippen LogP contribution in [0.4, 0.5) is 5.69 Å². The number of carbonyl (C=O) groups is 1. The molecule has 1 atom stereocenters. The van der Waals surface area contributed by atoms with Crippen LogP contribution in [-0.4, -0.2) is 36.8 Å². The molecule has 5 nitrogen and oxygen atoms in total. The number of hydrogen-bond acceptors (Lipinski definition) is 4. The second-order valence-electron chi connectivity index (χ2n) is 4.66. The summed E-state index contributed by atoms with van der Waals surface area (Å²) in [5, 5.41) is 21.1. The summed E-state index contributed by atoms with van der Waals surface area (Å²) in [5.74, 6) is -0.785. The molecule has 1 saturated heterocycles. The van der Waals surface area contributed by atoms with Crippen LogP contribution in [0.5, 0.6) is 0 Å². The highest BCUT2D eigenvalue weighted by Gasteiger charge is 2.23. The number of nitrogens with one attached hydrogen (secondary N) is 1. The SMILES string of the molecule is N#Cc1ccc(N2CCCNCC2CC(=O)O)cc1. The van der Waals surface area contributed by atoms with Gasteiger partial charge in [0.15, 0.2) is 0 Å². The van der Waals surface area contributed by atoms with E-state index >= 15 is 0 Å². The van der Waals surface area contributed by atoms with Crippen molar-refractivity contribution in [2.45, 2.75) is 18.9 Å². The number of benzene rings is 1. The summed E-state index contributed by atoms with van der Waals surface area (Å²) in [6.07, 6.45) is 1.10. The van der Waals surface area contributed by atoms with Gasteiger partial charge in [-0.3, -0.25) is 4.79 Å². The highest BCUT2D eigenvalue weighted by Crippen LogP contribution is 2.21. The van der Waals surface area contributed by atoms with Gasteiger partial charge < -0.3 is 15.3 Å². The summed E-state index contributed by atoms with van der Waals surface area (Å²) in [5.41, 5.74) is 1.60. The maximum atomic E-state index is 11.0. The molecular formula is C14H17N3O2. The van der Waals surface area contributed by atoms with Crippen LogP contribution in [0.25, 0.3) is 0 Å². The molecule has 0 radical (unpaired) electrons. The topological polar surface area (TPSA) is 76.4 Å². The number of hydrogen-bond donors (Lipinski definition) is 2. The van der Waals surface area contributed by atoms with Crippen molar-refractivity contribution in [2.24, 2.45) is 0 Å². The quantitative estimate of drug-likeness (QED) is 0.853. The van der Waals surface area contributed by atoms with E-state index in [0.717, 1.165) is 25.2 Å². The van der Waals surface area contributed by atoms with Crippen LogP contribution >= 0.6 is 0 Å². The van der Waals surface area contributed by atoms with Gasteiger partial charge in [-0.15, -0.1) is 0 Å². The van der Waals surface area contributed by atoms with Crippen molar-refractivity contribution in [3.05, 3.63) is 29.8 Å². The van der Waals surface area contributed by atoms with E-state index in [1.807, 2.05) is 12.1 Å². The molecule has 1 aromatic rings. The Bertz CT molecular complexity index is 478. The van der Waals surface area contributed by atoms with Gasteiger partial charge in [0.2, 0.25) is 0 Å². The average Bonchev–Trinajstić information content (AvgIpc) is 2.64. The first-order valence-electron chi connectivity index (χ1n) is 6.40. The standard InChI is InChI=1S/C14H17N3O2/c15-9-11-2-4-12(5-3-11)17-7-1-6-16-10-13(17)8-14(18)19/h2-5,13,16H,1,6-8,10H2,(H,18,19). The zero-order valence-corrected chi connectivity index (χ0v) is 10.7. The number of rotatable bonds is 3. The van der Waals surface area contributed by atoms with Crippen molar-refractivity contribution in [1.82, 2.24) is 5.32 Å². The monoisotopic (exact) mass is 259 g/mol. The fourth-order valence-corrected chi connectivity index (χ4v) is 2.39. The van der Waals surface area contributed by atoms with Gasteiger partial charge in [0.05, 0.1) is 24.1 Å². The Kier molecular flexibility index (Phi) is 4.37. The van der Waals surface area contributed by atoms with Gasteiger partial charge in [-0.2, -0.15) is 5.26 Å². The van der Waals surface area contributed by atoms with Crippen LogP contribution in [0, 0.1) is 11.3 Å². The molecule has 5 heteroatoms. The molecule has 0 aromatic heterocycles. The van der Waals surface area contributed by atoms with Gasteiger partial charge in [0.25, 0.3) is 0 Å². The third kappa shape index (κ3) is 3.46. The summed E-state index contributed by atoms with van der Waals surface area (Å²) in [4.78, 5) is 13.1. The normalized spacial score (nSPS) is 19.5. The molecule has 1 unspecified atom stereocenters. The van der Waals surface area contributed by atoms with E-state index in [4.69, 9.17) is 10.4 Å². The first kappa shape index (κ1) is 13.4. The lowest BCUT2D eigenvalue weighted by molar-refractivity contribution is -0.137. The van der Waals surface area contributed by atoms with Crippen LogP contribution in [0.15, 0.2) is 24.3 Å². The Morgan fingerprint density at radius 1 is 1.47 bits per heavy atom. The van der Waals surface area contributed by atoms with Crippen molar-refractivity contribution in [3.8, 4) is 6.07 Å². The molecule has 1 aliphatic heterocycles. The Labute approximate surface area is 112 Å². The number of nitriles is 1. The van der Waals surface area contributed by atoms with E-state index in [9.17, 15) is 4.79 Å². The minimum absolute atomic E-state index is 0.0482. The first-order valence-corrected chi connectivity index (χ1v) is 6.40. The molecule has 1 fully saturated rings. The van der Waals surface area contributed by atoms with Crippen molar-refractivity contribution in [3.63, 3.8) is 0 Å². The van der Waals surface area contributed by atoms with Crippen LogP contribution in [-0.2, 0) is 4.79 Å². The Morgan fingerprint density at radius 2 is 2.21 bits per heavy atom. The number of aliphatic carboxylic acids is 1. The molecule has 0 amide bonds. The highest BCUT2D eigenvalue weighted by atomic mass is 16.4. The summed E-state index contributed by atoms with van der Waals surface area (Å²) >= 11 is 0. The second kappa shape index (κ2) is 6.21. The van der Waals surface area contributed by atoms with Gasteiger partial charge in [-0.05, 0) is 37.2 Å². The molecule has 1 heterocycles. The molecule has 1 aliphatic rings. The van der Waals surface area contributed by atoms with Crippen molar-refractivity contribution >= 4 is 11.7 Å². The molecule has 2 rings (SSSR count). The molecule has 0 bridgehead atoms. The zero-order chi connectivity index (χ0) is 13.7. The van der Waals surface area contributed by atoms with Crippen molar-refractivity contribution in [2.75, 3.05) is 24.5 Å². The fourth-order valence-electron chi connectivity index (χ4n) is 2.39. The van der Waals surface area contributed by atoms with E-state index in [0.29, 0.717) is 12.1 Å². The third-order valence-corrected chi connectivity index (χ3v) is 3.31. The second-order valence-corrected chi connectivity index (χ2v) is 4.66. The summed E-state index contributed by atoms with van der Waals surface area (Å²) in [6.45, 7) is 2.41. The summed E-state index contributed by atoms with van der Waals surface area (Å²) in [6, 6.07) is 9.35. The van der Waals surface area contributed by atoms with Gasteiger partial charge in [0, 0.05) is 18.8 Å². The van der Waals surface area contributed by atoms with Gasteiger partial charge in [-0.1, -0.05) is 0 Å². The van der Waals surface area contributed by atoms with Crippen LogP contribution in [0.3, 0.4) is 0 Å². The van der Waals surface area contributed by atoms with Crippen molar-refractivity contribution in [1.29, 1.82) is 5.26 Å². The smallest absolute Gasteiger partial charge is 0.305 e. The number of carboxylic acid groups (broad SMARTS) is 1. The van der Waals surface area contributed by atoms with Crippen molar-refractivity contribution < 1.29 is 9.90 Å². The van der Waals surface area contributed by atoms with Gasteiger partial charge >= 0.3 is 5.97 Å². The predicted molar refractivity (Wildman–Crippen MR) is 72.0 cm³/mol. The Hall–Kier alpha value is -2.06. The first-order chi connectivity index (χ1) is 9.20. The molecule has 100 valence electrons. The van der Waals surface area contributed by atoms with Crippen LogP contribution < -0.4 is 10.2 Å². The Balaban J connectivity index is 2.20. The van der Waals surface area contributed by atoms with Gasteiger partial charge in [0.1, 0.15) is 0 Å². The van der Waals surface area contributed by atoms with E-state index in [2.05, 4.69) is 16.3 Å².